The summed E-state index contributed by atoms with van der Waals surface area (Å²) in [5.41, 5.74) is 3.47. The SMILES string of the molecule is COC(=O)Cc1cccc(-c2cccc(CO[C@H]3O[C@H](CO)[C@@H](O)[C@@H](O)[C@@H]3O)c2)c1. The summed E-state index contributed by atoms with van der Waals surface area (Å²) in [6, 6.07) is 15.1. The number of ether oxygens (including phenoxy) is 3. The van der Waals surface area contributed by atoms with Crippen LogP contribution >= 0.6 is 0 Å². The highest BCUT2D eigenvalue weighted by Crippen LogP contribution is 2.25. The molecule has 8 nitrogen and oxygen atoms in total. The highest BCUT2D eigenvalue weighted by molar-refractivity contribution is 5.74. The summed E-state index contributed by atoms with van der Waals surface area (Å²) in [6.07, 6.45) is -6.37. The van der Waals surface area contributed by atoms with Gasteiger partial charge in [-0.25, -0.2) is 0 Å². The van der Waals surface area contributed by atoms with Crippen molar-refractivity contribution in [3.05, 3.63) is 59.7 Å². The van der Waals surface area contributed by atoms with Crippen LogP contribution in [-0.4, -0.2) is 70.8 Å². The van der Waals surface area contributed by atoms with Gasteiger partial charge in [-0.3, -0.25) is 4.79 Å². The second kappa shape index (κ2) is 10.1. The van der Waals surface area contributed by atoms with Crippen LogP contribution in [-0.2, 0) is 32.0 Å². The van der Waals surface area contributed by atoms with E-state index in [4.69, 9.17) is 14.2 Å². The molecular weight excluding hydrogens is 392 g/mol. The van der Waals surface area contributed by atoms with Crippen LogP contribution in [0, 0.1) is 0 Å². The smallest absolute Gasteiger partial charge is 0.309 e. The molecule has 0 aromatic heterocycles. The summed E-state index contributed by atoms with van der Waals surface area (Å²) >= 11 is 0. The Balaban J connectivity index is 1.69. The summed E-state index contributed by atoms with van der Waals surface area (Å²) in [4.78, 5) is 11.5. The van der Waals surface area contributed by atoms with E-state index in [1.54, 1.807) is 0 Å². The molecule has 1 aliphatic rings. The van der Waals surface area contributed by atoms with Crippen molar-refractivity contribution in [2.45, 2.75) is 43.7 Å². The summed E-state index contributed by atoms with van der Waals surface area (Å²) in [5.74, 6) is -0.311. The zero-order valence-corrected chi connectivity index (χ0v) is 16.5. The van der Waals surface area contributed by atoms with Gasteiger partial charge in [-0.1, -0.05) is 42.5 Å². The van der Waals surface area contributed by atoms with E-state index in [9.17, 15) is 25.2 Å². The lowest BCUT2D eigenvalue weighted by molar-refractivity contribution is -0.304. The number of carbonyl (C=O) groups is 1. The molecule has 3 rings (SSSR count). The highest BCUT2D eigenvalue weighted by atomic mass is 16.7. The normalized spacial score (nSPS) is 26.4. The van der Waals surface area contributed by atoms with Gasteiger partial charge in [-0.05, 0) is 28.3 Å². The average Bonchev–Trinajstić information content (AvgIpc) is 2.77. The number of aliphatic hydroxyl groups excluding tert-OH is 4. The Labute approximate surface area is 174 Å². The summed E-state index contributed by atoms with van der Waals surface area (Å²) in [7, 11) is 1.35. The molecule has 5 atom stereocenters. The molecule has 8 heteroatoms. The lowest BCUT2D eigenvalue weighted by Crippen LogP contribution is -2.59. The molecule has 1 aliphatic heterocycles. The van der Waals surface area contributed by atoms with E-state index >= 15 is 0 Å². The van der Waals surface area contributed by atoms with Gasteiger partial charge in [0.2, 0.25) is 0 Å². The Morgan fingerprint density at radius 1 is 0.967 bits per heavy atom. The van der Waals surface area contributed by atoms with Crippen LogP contribution in [0.1, 0.15) is 11.1 Å². The number of aliphatic hydroxyl groups is 4. The molecule has 1 heterocycles. The van der Waals surface area contributed by atoms with E-state index < -0.39 is 37.3 Å². The maximum Gasteiger partial charge on any atom is 0.309 e. The van der Waals surface area contributed by atoms with Crippen molar-refractivity contribution < 1.29 is 39.4 Å². The largest absolute Gasteiger partial charge is 0.469 e. The molecular formula is C22H26O8. The van der Waals surface area contributed by atoms with Crippen LogP contribution in [0.3, 0.4) is 0 Å². The third kappa shape index (κ3) is 5.23. The third-order valence-corrected chi connectivity index (χ3v) is 5.03. The maximum atomic E-state index is 11.5. The van der Waals surface area contributed by atoms with Crippen LogP contribution in [0.5, 0.6) is 0 Å². The topological polar surface area (TPSA) is 126 Å². The van der Waals surface area contributed by atoms with Gasteiger partial charge in [-0.15, -0.1) is 0 Å². The van der Waals surface area contributed by atoms with Gasteiger partial charge in [0.25, 0.3) is 0 Å². The summed E-state index contributed by atoms with van der Waals surface area (Å²) < 4.78 is 15.7. The standard InChI is InChI=1S/C22H26O8/c1-28-18(24)10-13-4-2-6-15(8-13)16-7-3-5-14(9-16)12-29-22-21(27)20(26)19(25)17(11-23)30-22/h2-9,17,19-23,25-27H,10-12H2,1H3/t17-,19-,20-,21+,22+/m1/s1. The van der Waals surface area contributed by atoms with E-state index in [0.29, 0.717) is 0 Å². The number of carbonyl (C=O) groups excluding carboxylic acids is 1. The Bertz CT molecular complexity index is 853. The van der Waals surface area contributed by atoms with E-state index in [1.807, 2.05) is 48.5 Å². The van der Waals surface area contributed by atoms with Crippen LogP contribution in [0.4, 0.5) is 0 Å². The maximum absolute atomic E-state index is 11.5. The number of hydrogen-bond acceptors (Lipinski definition) is 8. The van der Waals surface area contributed by atoms with Gasteiger partial charge >= 0.3 is 5.97 Å². The van der Waals surface area contributed by atoms with E-state index in [2.05, 4.69) is 0 Å². The fourth-order valence-electron chi connectivity index (χ4n) is 3.32. The van der Waals surface area contributed by atoms with Crippen molar-refractivity contribution in [2.75, 3.05) is 13.7 Å². The van der Waals surface area contributed by atoms with Crippen LogP contribution in [0.2, 0.25) is 0 Å². The molecule has 30 heavy (non-hydrogen) atoms. The minimum absolute atomic E-state index is 0.0817. The lowest BCUT2D eigenvalue weighted by atomic mass is 9.99. The van der Waals surface area contributed by atoms with Crippen LogP contribution in [0.25, 0.3) is 11.1 Å². The molecule has 0 amide bonds. The van der Waals surface area contributed by atoms with Gasteiger partial charge in [0.05, 0.1) is 26.7 Å². The molecule has 0 radical (unpaired) electrons. The number of benzene rings is 2. The predicted octanol–water partition coefficient (Wildman–Crippen LogP) is 0.386. The van der Waals surface area contributed by atoms with Gasteiger partial charge in [0.1, 0.15) is 24.4 Å². The lowest BCUT2D eigenvalue weighted by Gasteiger charge is -2.39. The molecule has 2 aromatic carbocycles. The van der Waals surface area contributed by atoms with Crippen molar-refractivity contribution in [1.29, 1.82) is 0 Å². The van der Waals surface area contributed by atoms with Gasteiger partial charge in [0, 0.05) is 0 Å². The highest BCUT2D eigenvalue weighted by Gasteiger charge is 2.43. The average molecular weight is 418 g/mol. The number of methoxy groups -OCH3 is 1. The first-order valence-electron chi connectivity index (χ1n) is 9.60. The fourth-order valence-corrected chi connectivity index (χ4v) is 3.32. The quantitative estimate of drug-likeness (QED) is 0.476. The fraction of sp³-hybridized carbons (Fsp3) is 0.409. The first-order chi connectivity index (χ1) is 14.4. The summed E-state index contributed by atoms with van der Waals surface area (Å²) in [5, 5.41) is 39.0. The second-order valence-electron chi connectivity index (χ2n) is 7.16. The van der Waals surface area contributed by atoms with Gasteiger partial charge in [0.15, 0.2) is 6.29 Å². The van der Waals surface area contributed by atoms with Crippen LogP contribution in [0.15, 0.2) is 48.5 Å². The first kappa shape index (κ1) is 22.4. The van der Waals surface area contributed by atoms with Crippen molar-refractivity contribution >= 4 is 5.97 Å². The first-order valence-corrected chi connectivity index (χ1v) is 9.60. The van der Waals surface area contributed by atoms with Gasteiger partial charge in [-0.2, -0.15) is 0 Å². The van der Waals surface area contributed by atoms with Crippen molar-refractivity contribution in [3.63, 3.8) is 0 Å². The predicted molar refractivity (Wildman–Crippen MR) is 106 cm³/mol. The minimum Gasteiger partial charge on any atom is -0.469 e. The summed E-state index contributed by atoms with van der Waals surface area (Å²) in [6.45, 7) is -0.430. The molecule has 4 N–H and O–H groups in total. The molecule has 1 fully saturated rings. The molecule has 0 saturated carbocycles. The second-order valence-corrected chi connectivity index (χ2v) is 7.16. The Morgan fingerprint density at radius 2 is 1.60 bits per heavy atom. The Morgan fingerprint density at radius 3 is 2.23 bits per heavy atom. The molecule has 0 unspecified atom stereocenters. The zero-order chi connectivity index (χ0) is 21.7. The molecule has 2 aromatic rings. The number of hydrogen-bond donors (Lipinski definition) is 4. The third-order valence-electron chi connectivity index (χ3n) is 5.03. The Hall–Kier alpha value is -2.33. The van der Waals surface area contributed by atoms with Crippen LogP contribution < -0.4 is 0 Å². The number of esters is 1. The zero-order valence-electron chi connectivity index (χ0n) is 16.5. The van der Waals surface area contributed by atoms with Crippen molar-refractivity contribution in [1.82, 2.24) is 0 Å². The van der Waals surface area contributed by atoms with E-state index in [0.717, 1.165) is 22.3 Å². The van der Waals surface area contributed by atoms with Crippen molar-refractivity contribution in [3.8, 4) is 11.1 Å². The molecule has 1 saturated heterocycles. The number of rotatable bonds is 7. The van der Waals surface area contributed by atoms with E-state index in [1.165, 1.54) is 7.11 Å². The van der Waals surface area contributed by atoms with Crippen molar-refractivity contribution in [2.24, 2.45) is 0 Å². The van der Waals surface area contributed by atoms with E-state index in [-0.39, 0.29) is 19.0 Å². The molecule has 162 valence electrons. The molecule has 0 spiro atoms. The minimum atomic E-state index is -1.48. The van der Waals surface area contributed by atoms with Gasteiger partial charge < -0.3 is 34.6 Å². The Kier molecular flexibility index (Phi) is 7.54. The molecule has 0 aliphatic carbocycles. The molecule has 0 bridgehead atoms. The monoisotopic (exact) mass is 418 g/mol.